The number of nitrogens with one attached hydrogen (secondary N) is 1. The second kappa shape index (κ2) is 3.57. The first kappa shape index (κ1) is 10.3. The molecule has 1 aliphatic heterocycles. The van der Waals surface area contributed by atoms with Gasteiger partial charge in [-0.2, -0.15) is 0 Å². The van der Waals surface area contributed by atoms with Gasteiger partial charge >= 0.3 is 0 Å². The molecule has 0 unspecified atom stereocenters. The molecule has 7 heteroatoms. The number of nitrogens with zero attached hydrogens (tertiary/aromatic N) is 3. The fourth-order valence-corrected chi connectivity index (χ4v) is 2.21. The molecule has 2 heterocycles. The Hall–Kier alpha value is -1.86. The zero-order valence-electron chi connectivity index (χ0n) is 8.98. The van der Waals surface area contributed by atoms with E-state index in [1.165, 1.54) is 6.33 Å². The van der Waals surface area contributed by atoms with Crippen molar-refractivity contribution in [1.82, 2.24) is 9.97 Å². The van der Waals surface area contributed by atoms with Crippen LogP contribution >= 0.6 is 0 Å². The van der Waals surface area contributed by atoms with Crippen molar-refractivity contribution < 1.29 is 10.2 Å². The predicted molar refractivity (Wildman–Crippen MR) is 62.4 cm³/mol. The molecule has 5 N–H and O–H groups in total. The van der Waals surface area contributed by atoms with E-state index in [9.17, 15) is 10.2 Å². The summed E-state index contributed by atoms with van der Waals surface area (Å²) in [6.45, 7) is 0.483. The lowest BCUT2D eigenvalue weighted by atomic mass is 10.1. The quantitative estimate of drug-likeness (QED) is 0.458. The number of aromatic nitrogens is 2. The van der Waals surface area contributed by atoms with E-state index in [1.54, 1.807) is 12.2 Å². The molecule has 3 rings (SSSR count). The lowest BCUT2D eigenvalue weighted by molar-refractivity contribution is 0.0504. The summed E-state index contributed by atoms with van der Waals surface area (Å²) < 4.78 is 0. The fraction of sp³-hybridized carbons (Fsp3) is 0.400. The van der Waals surface area contributed by atoms with Crippen LogP contribution < -0.4 is 16.0 Å². The van der Waals surface area contributed by atoms with E-state index in [2.05, 4.69) is 15.3 Å². The zero-order valence-corrected chi connectivity index (χ0v) is 8.98. The number of aliphatic hydroxyl groups is 2. The van der Waals surface area contributed by atoms with E-state index < -0.39 is 12.2 Å². The molecule has 3 atom stereocenters. The Morgan fingerprint density at radius 3 is 2.88 bits per heavy atom. The molecule has 90 valence electrons. The standard InChI is InChI=1S/C10H13N5O2/c11-9-7-10(13-3-12-9)15(4-14-7)5-1-2-6(16)8(5)17/h1-3,5-6,8,14,16-17H,4H2,(H2,11,12,13)/t5-,6-,8+/m0/s1. The summed E-state index contributed by atoms with van der Waals surface area (Å²) in [6.07, 6.45) is 3.06. The summed E-state index contributed by atoms with van der Waals surface area (Å²) in [5.74, 6) is 1.04. The lowest BCUT2D eigenvalue weighted by Crippen LogP contribution is -2.44. The van der Waals surface area contributed by atoms with Crippen LogP contribution in [0.2, 0.25) is 0 Å². The van der Waals surface area contributed by atoms with Gasteiger partial charge in [0.05, 0.1) is 12.7 Å². The molecule has 17 heavy (non-hydrogen) atoms. The third-order valence-corrected chi connectivity index (χ3v) is 3.12. The minimum atomic E-state index is -0.848. The molecule has 0 amide bonds. The third kappa shape index (κ3) is 1.43. The Kier molecular flexibility index (Phi) is 2.17. The van der Waals surface area contributed by atoms with Crippen LogP contribution in [0.5, 0.6) is 0 Å². The van der Waals surface area contributed by atoms with Crippen molar-refractivity contribution in [2.24, 2.45) is 0 Å². The molecule has 0 aromatic carbocycles. The highest BCUT2D eigenvalue weighted by Crippen LogP contribution is 2.35. The molecule has 0 bridgehead atoms. The molecule has 0 fully saturated rings. The van der Waals surface area contributed by atoms with Gasteiger partial charge in [0.25, 0.3) is 0 Å². The van der Waals surface area contributed by atoms with Crippen molar-refractivity contribution in [3.05, 3.63) is 18.5 Å². The zero-order chi connectivity index (χ0) is 12.0. The Balaban J connectivity index is 1.94. The molecular formula is C10H13N5O2. The largest absolute Gasteiger partial charge is 0.388 e. The molecule has 0 spiro atoms. The number of rotatable bonds is 1. The number of anilines is 3. The van der Waals surface area contributed by atoms with Crippen LogP contribution in [0.3, 0.4) is 0 Å². The maximum atomic E-state index is 9.86. The van der Waals surface area contributed by atoms with Crippen LogP contribution in [0.25, 0.3) is 0 Å². The maximum absolute atomic E-state index is 9.86. The molecule has 1 aromatic heterocycles. The number of aliphatic hydroxyl groups excluding tert-OH is 2. The van der Waals surface area contributed by atoms with Gasteiger partial charge < -0.3 is 26.2 Å². The molecular weight excluding hydrogens is 222 g/mol. The summed E-state index contributed by atoms with van der Waals surface area (Å²) >= 11 is 0. The van der Waals surface area contributed by atoms with E-state index in [1.807, 2.05) is 4.90 Å². The van der Waals surface area contributed by atoms with E-state index >= 15 is 0 Å². The second-order valence-corrected chi connectivity index (χ2v) is 4.12. The average molecular weight is 235 g/mol. The smallest absolute Gasteiger partial charge is 0.159 e. The van der Waals surface area contributed by atoms with Gasteiger partial charge in [-0.3, -0.25) is 0 Å². The van der Waals surface area contributed by atoms with Crippen LogP contribution in [0.15, 0.2) is 18.5 Å². The Bertz CT molecular complexity index is 478. The van der Waals surface area contributed by atoms with Crippen molar-refractivity contribution in [2.75, 3.05) is 22.6 Å². The van der Waals surface area contributed by atoms with E-state index in [0.717, 1.165) is 0 Å². The lowest BCUT2D eigenvalue weighted by Gasteiger charge is -2.27. The maximum Gasteiger partial charge on any atom is 0.159 e. The van der Waals surface area contributed by atoms with Gasteiger partial charge in [-0.25, -0.2) is 9.97 Å². The molecule has 0 saturated heterocycles. The topological polar surface area (TPSA) is 108 Å². The normalized spacial score (nSPS) is 30.5. The monoisotopic (exact) mass is 235 g/mol. The first-order chi connectivity index (χ1) is 8.18. The molecule has 0 radical (unpaired) electrons. The molecule has 1 aliphatic carbocycles. The average Bonchev–Trinajstić information content (AvgIpc) is 2.86. The number of nitrogen functional groups attached to an aromatic ring is 1. The van der Waals surface area contributed by atoms with Crippen molar-refractivity contribution >= 4 is 17.3 Å². The number of hydrogen-bond acceptors (Lipinski definition) is 7. The van der Waals surface area contributed by atoms with Crippen LogP contribution in [-0.2, 0) is 0 Å². The Morgan fingerprint density at radius 2 is 2.18 bits per heavy atom. The Labute approximate surface area is 97.6 Å². The third-order valence-electron chi connectivity index (χ3n) is 3.12. The fourth-order valence-electron chi connectivity index (χ4n) is 2.21. The summed E-state index contributed by atoms with van der Waals surface area (Å²) in [5, 5.41) is 22.4. The molecule has 1 aromatic rings. The minimum Gasteiger partial charge on any atom is -0.388 e. The summed E-state index contributed by atoms with van der Waals surface area (Å²) in [7, 11) is 0. The second-order valence-electron chi connectivity index (χ2n) is 4.12. The SMILES string of the molecule is Nc1ncnc2c1NCN2[C@H]1C=C[C@H](O)[C@@H]1O. The molecule has 2 aliphatic rings. The number of fused-ring (bicyclic) bond motifs is 1. The van der Waals surface area contributed by atoms with E-state index in [4.69, 9.17) is 5.73 Å². The first-order valence-corrected chi connectivity index (χ1v) is 5.34. The van der Waals surface area contributed by atoms with E-state index in [0.29, 0.717) is 24.0 Å². The van der Waals surface area contributed by atoms with Crippen molar-refractivity contribution in [1.29, 1.82) is 0 Å². The van der Waals surface area contributed by atoms with Gasteiger partial charge in [0.2, 0.25) is 0 Å². The van der Waals surface area contributed by atoms with Crippen molar-refractivity contribution in [3.8, 4) is 0 Å². The van der Waals surface area contributed by atoms with Crippen LogP contribution in [0, 0.1) is 0 Å². The number of nitrogens with two attached hydrogens (primary N) is 1. The number of hydrogen-bond donors (Lipinski definition) is 4. The van der Waals surface area contributed by atoms with Gasteiger partial charge in [0.15, 0.2) is 11.6 Å². The van der Waals surface area contributed by atoms with Crippen LogP contribution in [-0.4, -0.2) is 45.1 Å². The molecule has 0 saturated carbocycles. The van der Waals surface area contributed by atoms with Crippen LogP contribution in [0.4, 0.5) is 17.3 Å². The minimum absolute atomic E-state index is 0.298. The van der Waals surface area contributed by atoms with Gasteiger partial charge in [0.1, 0.15) is 24.2 Å². The van der Waals surface area contributed by atoms with Crippen molar-refractivity contribution in [2.45, 2.75) is 18.2 Å². The highest BCUT2D eigenvalue weighted by molar-refractivity contribution is 5.80. The van der Waals surface area contributed by atoms with Gasteiger partial charge in [-0.15, -0.1) is 0 Å². The molecule has 7 nitrogen and oxygen atoms in total. The van der Waals surface area contributed by atoms with E-state index in [-0.39, 0.29) is 6.04 Å². The van der Waals surface area contributed by atoms with Gasteiger partial charge in [-0.05, 0) is 0 Å². The van der Waals surface area contributed by atoms with Gasteiger partial charge in [0, 0.05) is 0 Å². The predicted octanol–water partition coefficient (Wildman–Crippen LogP) is -1.09. The summed E-state index contributed by atoms with van der Waals surface area (Å²) in [4.78, 5) is 9.90. The van der Waals surface area contributed by atoms with Crippen molar-refractivity contribution in [3.63, 3.8) is 0 Å². The first-order valence-electron chi connectivity index (χ1n) is 5.34. The summed E-state index contributed by atoms with van der Waals surface area (Å²) in [5.41, 5.74) is 6.40. The van der Waals surface area contributed by atoms with Crippen LogP contribution in [0.1, 0.15) is 0 Å². The Morgan fingerprint density at radius 1 is 1.35 bits per heavy atom. The highest BCUT2D eigenvalue weighted by Gasteiger charge is 2.37. The summed E-state index contributed by atoms with van der Waals surface area (Å²) in [6, 6.07) is -0.298. The van der Waals surface area contributed by atoms with Gasteiger partial charge in [-0.1, -0.05) is 12.2 Å². The highest BCUT2D eigenvalue weighted by atomic mass is 16.3.